The van der Waals surface area contributed by atoms with Gasteiger partial charge in [0.05, 0.1) is 11.1 Å². The summed E-state index contributed by atoms with van der Waals surface area (Å²) in [4.78, 5) is 0. The molecule has 5 heteroatoms. The molecule has 2 aromatic carbocycles. The van der Waals surface area contributed by atoms with Gasteiger partial charge in [0.2, 0.25) is 0 Å². The second-order valence-corrected chi connectivity index (χ2v) is 6.45. The second-order valence-electron chi connectivity index (χ2n) is 5.60. The summed E-state index contributed by atoms with van der Waals surface area (Å²) < 4.78 is 25.6. The normalized spacial score (nSPS) is 11.8. The molecule has 0 aliphatic rings. The van der Waals surface area contributed by atoms with Crippen LogP contribution in [0.2, 0.25) is 0 Å². The minimum atomic E-state index is -0.226. The molecule has 0 aliphatic heterocycles. The summed E-state index contributed by atoms with van der Waals surface area (Å²) in [6.07, 6.45) is 1.69. The van der Waals surface area contributed by atoms with E-state index < -0.39 is 0 Å². The number of halogens is 2. The molecular formula is C20H23BrFNO2. The first-order valence-corrected chi connectivity index (χ1v) is 9.02. The third-order valence-corrected chi connectivity index (χ3v) is 4.26. The van der Waals surface area contributed by atoms with Crippen molar-refractivity contribution in [1.82, 2.24) is 5.32 Å². The summed E-state index contributed by atoms with van der Waals surface area (Å²) in [7, 11) is 0. The van der Waals surface area contributed by atoms with Crippen molar-refractivity contribution in [2.75, 3.05) is 13.2 Å². The maximum Gasteiger partial charge on any atom is 0.175 e. The minimum Gasteiger partial charge on any atom is -0.490 e. The molecule has 0 saturated heterocycles. The first-order valence-electron chi connectivity index (χ1n) is 8.23. The van der Waals surface area contributed by atoms with Crippen LogP contribution in [0.15, 0.2) is 53.5 Å². The lowest BCUT2D eigenvalue weighted by Gasteiger charge is -2.17. The predicted octanol–water partition coefficient (Wildman–Crippen LogP) is 5.40. The first kappa shape index (κ1) is 19.5. The summed E-state index contributed by atoms with van der Waals surface area (Å²) in [6, 6.07) is 10.6. The van der Waals surface area contributed by atoms with Crippen LogP contribution in [-0.4, -0.2) is 13.2 Å². The minimum absolute atomic E-state index is 0.0294. The maximum atomic E-state index is 13.4. The van der Waals surface area contributed by atoms with Gasteiger partial charge < -0.3 is 14.8 Å². The van der Waals surface area contributed by atoms with Crippen molar-refractivity contribution in [3.8, 4) is 11.5 Å². The van der Waals surface area contributed by atoms with Crippen LogP contribution in [0.5, 0.6) is 11.5 Å². The van der Waals surface area contributed by atoms with E-state index in [0.29, 0.717) is 31.3 Å². The molecule has 0 bridgehead atoms. The Kier molecular flexibility index (Phi) is 7.47. The Morgan fingerprint density at radius 1 is 1.28 bits per heavy atom. The molecule has 134 valence electrons. The molecule has 0 fully saturated rings. The molecule has 0 saturated carbocycles. The van der Waals surface area contributed by atoms with Gasteiger partial charge in [-0.1, -0.05) is 24.8 Å². The van der Waals surface area contributed by atoms with Gasteiger partial charge >= 0.3 is 0 Å². The average molecular weight is 408 g/mol. The second kappa shape index (κ2) is 9.59. The molecule has 0 heterocycles. The van der Waals surface area contributed by atoms with Gasteiger partial charge in [-0.15, -0.1) is 0 Å². The van der Waals surface area contributed by atoms with Gasteiger partial charge in [0, 0.05) is 12.6 Å². The predicted molar refractivity (Wildman–Crippen MR) is 103 cm³/mol. The Morgan fingerprint density at radius 2 is 2.08 bits per heavy atom. The number of benzene rings is 2. The van der Waals surface area contributed by atoms with E-state index in [4.69, 9.17) is 9.47 Å². The summed E-state index contributed by atoms with van der Waals surface area (Å²) >= 11 is 3.54. The van der Waals surface area contributed by atoms with Gasteiger partial charge in [0.25, 0.3) is 0 Å². The largest absolute Gasteiger partial charge is 0.490 e. The van der Waals surface area contributed by atoms with E-state index in [-0.39, 0.29) is 11.9 Å². The topological polar surface area (TPSA) is 30.5 Å². The Hall–Kier alpha value is -1.85. The highest BCUT2D eigenvalue weighted by molar-refractivity contribution is 9.10. The highest BCUT2D eigenvalue weighted by Gasteiger charge is 2.13. The van der Waals surface area contributed by atoms with Gasteiger partial charge in [-0.25, -0.2) is 4.39 Å². The SMILES string of the molecule is C=CCOc1c(Br)cc(CN[C@H](C)c2cccc(F)c2)cc1OCC. The van der Waals surface area contributed by atoms with Crippen LogP contribution in [0.4, 0.5) is 4.39 Å². The fraction of sp³-hybridized carbons (Fsp3) is 0.300. The van der Waals surface area contributed by atoms with Crippen molar-refractivity contribution in [1.29, 1.82) is 0 Å². The molecule has 0 amide bonds. The van der Waals surface area contributed by atoms with Crippen LogP contribution >= 0.6 is 15.9 Å². The van der Waals surface area contributed by atoms with E-state index in [1.165, 1.54) is 6.07 Å². The summed E-state index contributed by atoms with van der Waals surface area (Å²) in [5.74, 6) is 1.13. The number of hydrogen-bond donors (Lipinski definition) is 1. The molecule has 2 aromatic rings. The standard InChI is InChI=1S/C20H23BrFNO2/c1-4-9-25-20-18(21)10-15(11-19(20)24-5-2)13-23-14(3)16-7-6-8-17(22)12-16/h4,6-8,10-12,14,23H,1,5,9,13H2,2-3H3/t14-/m1/s1. The van der Waals surface area contributed by atoms with E-state index in [1.807, 2.05) is 32.0 Å². The number of nitrogens with one attached hydrogen (secondary N) is 1. The van der Waals surface area contributed by atoms with Crippen LogP contribution in [0.3, 0.4) is 0 Å². The number of ether oxygens (including phenoxy) is 2. The fourth-order valence-electron chi connectivity index (χ4n) is 2.43. The summed E-state index contributed by atoms with van der Waals surface area (Å²) in [6.45, 7) is 9.19. The van der Waals surface area contributed by atoms with Gasteiger partial charge in [0.15, 0.2) is 11.5 Å². The monoisotopic (exact) mass is 407 g/mol. The molecule has 0 spiro atoms. The van der Waals surface area contributed by atoms with Crippen molar-refractivity contribution >= 4 is 15.9 Å². The smallest absolute Gasteiger partial charge is 0.175 e. The lowest BCUT2D eigenvalue weighted by molar-refractivity contribution is 0.295. The Bertz CT molecular complexity index is 721. The Morgan fingerprint density at radius 3 is 2.76 bits per heavy atom. The van der Waals surface area contributed by atoms with Crippen LogP contribution in [-0.2, 0) is 6.54 Å². The maximum absolute atomic E-state index is 13.4. The molecule has 0 aliphatic carbocycles. The number of hydrogen-bond acceptors (Lipinski definition) is 3. The Balaban J connectivity index is 2.12. The van der Waals surface area contributed by atoms with Crippen LogP contribution < -0.4 is 14.8 Å². The zero-order chi connectivity index (χ0) is 18.2. The fourth-order valence-corrected chi connectivity index (χ4v) is 3.04. The lowest BCUT2D eigenvalue weighted by Crippen LogP contribution is -2.18. The summed E-state index contributed by atoms with van der Waals surface area (Å²) in [5, 5.41) is 3.40. The third kappa shape index (κ3) is 5.58. The van der Waals surface area contributed by atoms with E-state index in [1.54, 1.807) is 18.2 Å². The van der Waals surface area contributed by atoms with Gasteiger partial charge in [0.1, 0.15) is 12.4 Å². The Labute approximate surface area is 157 Å². The highest BCUT2D eigenvalue weighted by atomic mass is 79.9. The molecule has 0 radical (unpaired) electrons. The first-order chi connectivity index (χ1) is 12.0. The molecule has 1 N–H and O–H groups in total. The van der Waals surface area contributed by atoms with E-state index >= 15 is 0 Å². The van der Waals surface area contributed by atoms with Gasteiger partial charge in [-0.3, -0.25) is 0 Å². The zero-order valence-corrected chi connectivity index (χ0v) is 16.1. The quantitative estimate of drug-likeness (QED) is 0.564. The summed E-state index contributed by atoms with van der Waals surface area (Å²) in [5.41, 5.74) is 1.96. The molecule has 25 heavy (non-hydrogen) atoms. The van der Waals surface area contributed by atoms with Crippen LogP contribution in [0, 0.1) is 5.82 Å². The lowest BCUT2D eigenvalue weighted by atomic mass is 10.1. The highest BCUT2D eigenvalue weighted by Crippen LogP contribution is 2.37. The number of rotatable bonds is 9. The van der Waals surface area contributed by atoms with Crippen molar-refractivity contribution in [2.24, 2.45) is 0 Å². The molecule has 0 aromatic heterocycles. The van der Waals surface area contributed by atoms with Crippen LogP contribution in [0.25, 0.3) is 0 Å². The molecule has 3 nitrogen and oxygen atoms in total. The molecule has 1 atom stereocenters. The van der Waals surface area contributed by atoms with Crippen molar-refractivity contribution < 1.29 is 13.9 Å². The molecule has 0 unspecified atom stereocenters. The average Bonchev–Trinajstić information content (AvgIpc) is 2.59. The van der Waals surface area contributed by atoms with E-state index in [2.05, 4.69) is 27.8 Å². The van der Waals surface area contributed by atoms with E-state index in [0.717, 1.165) is 15.6 Å². The third-order valence-electron chi connectivity index (χ3n) is 3.68. The van der Waals surface area contributed by atoms with Crippen molar-refractivity contribution in [2.45, 2.75) is 26.4 Å². The van der Waals surface area contributed by atoms with Crippen molar-refractivity contribution in [3.63, 3.8) is 0 Å². The molecule has 2 rings (SSSR count). The van der Waals surface area contributed by atoms with Gasteiger partial charge in [-0.2, -0.15) is 0 Å². The van der Waals surface area contributed by atoms with E-state index in [9.17, 15) is 4.39 Å². The van der Waals surface area contributed by atoms with Crippen LogP contribution in [0.1, 0.15) is 31.0 Å². The van der Waals surface area contributed by atoms with Gasteiger partial charge in [-0.05, 0) is 65.2 Å². The van der Waals surface area contributed by atoms with Crippen molar-refractivity contribution in [3.05, 3.63) is 70.5 Å². The zero-order valence-electron chi connectivity index (χ0n) is 14.5. The molecular weight excluding hydrogens is 385 g/mol.